The molecule has 6 heteroatoms. The SMILES string of the molecule is CC(C)n1cnc2c1C(C(=O)NCc1ccccn1)N(CC1CC1)CC2. The number of imidazole rings is 1. The molecule has 1 aliphatic carbocycles. The van der Waals surface area contributed by atoms with Crippen molar-refractivity contribution in [3.63, 3.8) is 0 Å². The third-order valence-electron chi connectivity index (χ3n) is 5.34. The molecule has 1 fully saturated rings. The number of hydrogen-bond donors (Lipinski definition) is 1. The first-order valence-corrected chi connectivity index (χ1v) is 9.60. The van der Waals surface area contributed by atoms with Crippen molar-refractivity contribution < 1.29 is 4.79 Å². The van der Waals surface area contributed by atoms with E-state index in [2.05, 4.69) is 38.6 Å². The maximum Gasteiger partial charge on any atom is 0.243 e. The molecule has 2 aromatic rings. The van der Waals surface area contributed by atoms with Crippen molar-refractivity contribution in [3.05, 3.63) is 47.8 Å². The number of aromatic nitrogens is 3. The summed E-state index contributed by atoms with van der Waals surface area (Å²) in [5.41, 5.74) is 3.03. The molecule has 1 amide bonds. The van der Waals surface area contributed by atoms with Crippen LogP contribution in [0.4, 0.5) is 0 Å². The van der Waals surface area contributed by atoms with Crippen LogP contribution in [0.5, 0.6) is 0 Å². The lowest BCUT2D eigenvalue weighted by Crippen LogP contribution is -2.46. The van der Waals surface area contributed by atoms with Crippen LogP contribution in [0.1, 0.15) is 55.9 Å². The summed E-state index contributed by atoms with van der Waals surface area (Å²) in [7, 11) is 0. The molecular formula is C20H27N5O. The molecule has 6 nitrogen and oxygen atoms in total. The highest BCUT2D eigenvalue weighted by Gasteiger charge is 2.39. The maximum absolute atomic E-state index is 13.2. The van der Waals surface area contributed by atoms with Gasteiger partial charge in [0.05, 0.1) is 30.0 Å². The average molecular weight is 353 g/mol. The number of carbonyl (C=O) groups excluding carboxylic acids is 1. The lowest BCUT2D eigenvalue weighted by atomic mass is 10.0. The molecule has 0 bridgehead atoms. The minimum absolute atomic E-state index is 0.0552. The van der Waals surface area contributed by atoms with E-state index in [4.69, 9.17) is 0 Å². The normalized spacial score (nSPS) is 20.2. The van der Waals surface area contributed by atoms with Crippen molar-refractivity contribution in [2.75, 3.05) is 13.1 Å². The van der Waals surface area contributed by atoms with E-state index in [9.17, 15) is 4.79 Å². The van der Waals surface area contributed by atoms with E-state index in [1.807, 2.05) is 24.5 Å². The zero-order valence-electron chi connectivity index (χ0n) is 15.6. The fraction of sp³-hybridized carbons (Fsp3) is 0.550. The fourth-order valence-electron chi connectivity index (χ4n) is 3.76. The van der Waals surface area contributed by atoms with Crippen LogP contribution in [-0.2, 0) is 17.8 Å². The van der Waals surface area contributed by atoms with Crippen LogP contribution in [0.15, 0.2) is 30.7 Å². The van der Waals surface area contributed by atoms with Gasteiger partial charge in [0.15, 0.2) is 0 Å². The molecule has 3 heterocycles. The molecule has 2 aromatic heterocycles. The van der Waals surface area contributed by atoms with Gasteiger partial charge < -0.3 is 9.88 Å². The number of rotatable bonds is 6. The number of carbonyl (C=O) groups is 1. The zero-order chi connectivity index (χ0) is 18.1. The van der Waals surface area contributed by atoms with Crippen LogP contribution < -0.4 is 5.32 Å². The molecule has 1 aliphatic heterocycles. The van der Waals surface area contributed by atoms with E-state index in [0.29, 0.717) is 12.6 Å². The van der Waals surface area contributed by atoms with Gasteiger partial charge in [0.1, 0.15) is 6.04 Å². The van der Waals surface area contributed by atoms with Crippen molar-refractivity contribution >= 4 is 5.91 Å². The Balaban J connectivity index is 1.58. The summed E-state index contributed by atoms with van der Waals surface area (Å²) in [5, 5.41) is 3.10. The van der Waals surface area contributed by atoms with Crippen molar-refractivity contribution in [3.8, 4) is 0 Å². The Morgan fingerprint density at radius 2 is 2.15 bits per heavy atom. The van der Waals surface area contributed by atoms with E-state index >= 15 is 0 Å². The minimum atomic E-state index is -0.257. The summed E-state index contributed by atoms with van der Waals surface area (Å²) in [6.07, 6.45) is 7.15. The lowest BCUT2D eigenvalue weighted by Gasteiger charge is -2.36. The van der Waals surface area contributed by atoms with Gasteiger partial charge in [-0.25, -0.2) is 4.98 Å². The molecule has 138 valence electrons. The second-order valence-corrected chi connectivity index (χ2v) is 7.71. The third-order valence-corrected chi connectivity index (χ3v) is 5.34. The maximum atomic E-state index is 13.2. The third kappa shape index (κ3) is 3.51. The number of hydrogen-bond acceptors (Lipinski definition) is 4. The van der Waals surface area contributed by atoms with Gasteiger partial charge in [-0.2, -0.15) is 0 Å². The molecule has 0 spiro atoms. The molecule has 2 aliphatic rings. The quantitative estimate of drug-likeness (QED) is 0.867. The molecule has 4 rings (SSSR count). The van der Waals surface area contributed by atoms with Gasteiger partial charge in [0.2, 0.25) is 5.91 Å². The van der Waals surface area contributed by atoms with Crippen molar-refractivity contribution in [2.45, 2.75) is 51.7 Å². The number of nitrogens with zero attached hydrogens (tertiary/aromatic N) is 4. The number of fused-ring (bicyclic) bond motifs is 1. The van der Waals surface area contributed by atoms with Gasteiger partial charge >= 0.3 is 0 Å². The van der Waals surface area contributed by atoms with Gasteiger partial charge in [-0.15, -0.1) is 0 Å². The Morgan fingerprint density at radius 3 is 2.85 bits per heavy atom. The second-order valence-electron chi connectivity index (χ2n) is 7.71. The van der Waals surface area contributed by atoms with Gasteiger partial charge in [0, 0.05) is 31.7 Å². The number of amides is 1. The molecule has 0 aromatic carbocycles. The predicted octanol–water partition coefficient (Wildman–Crippen LogP) is 2.48. The molecule has 1 atom stereocenters. The second kappa shape index (κ2) is 7.19. The highest BCUT2D eigenvalue weighted by atomic mass is 16.2. The van der Waals surface area contributed by atoms with Crippen molar-refractivity contribution in [1.29, 1.82) is 0 Å². The van der Waals surface area contributed by atoms with Gasteiger partial charge in [-0.3, -0.25) is 14.7 Å². The molecule has 0 saturated heterocycles. The van der Waals surface area contributed by atoms with E-state index < -0.39 is 0 Å². The van der Waals surface area contributed by atoms with E-state index in [0.717, 1.165) is 42.5 Å². The predicted molar refractivity (Wildman–Crippen MR) is 99.4 cm³/mol. The summed E-state index contributed by atoms with van der Waals surface area (Å²) < 4.78 is 2.17. The lowest BCUT2D eigenvalue weighted by molar-refractivity contribution is -0.127. The highest BCUT2D eigenvalue weighted by molar-refractivity contribution is 5.83. The Morgan fingerprint density at radius 1 is 1.31 bits per heavy atom. The zero-order valence-corrected chi connectivity index (χ0v) is 15.6. The van der Waals surface area contributed by atoms with Crippen LogP contribution in [0.3, 0.4) is 0 Å². The summed E-state index contributed by atoms with van der Waals surface area (Å²) in [5.74, 6) is 0.803. The number of nitrogens with one attached hydrogen (secondary N) is 1. The van der Waals surface area contributed by atoms with Crippen LogP contribution >= 0.6 is 0 Å². The van der Waals surface area contributed by atoms with Gasteiger partial charge in [0.25, 0.3) is 0 Å². The first-order chi connectivity index (χ1) is 12.6. The monoisotopic (exact) mass is 353 g/mol. The molecule has 26 heavy (non-hydrogen) atoms. The van der Waals surface area contributed by atoms with E-state index in [1.165, 1.54) is 12.8 Å². The van der Waals surface area contributed by atoms with Crippen LogP contribution in [0, 0.1) is 5.92 Å². The molecule has 1 saturated carbocycles. The standard InChI is InChI=1S/C20H27N5O/c1-14(2)25-13-23-17-8-10-24(12-15-6-7-15)19(18(17)25)20(26)22-11-16-5-3-4-9-21-16/h3-5,9,13-15,19H,6-8,10-12H2,1-2H3,(H,22,26). The Hall–Kier alpha value is -2.21. The summed E-state index contributed by atoms with van der Waals surface area (Å²) in [6, 6.07) is 5.80. The topological polar surface area (TPSA) is 63.1 Å². The Labute approximate surface area is 154 Å². The molecular weight excluding hydrogens is 326 g/mol. The van der Waals surface area contributed by atoms with Crippen LogP contribution in [-0.4, -0.2) is 38.4 Å². The van der Waals surface area contributed by atoms with E-state index in [1.54, 1.807) is 6.20 Å². The van der Waals surface area contributed by atoms with E-state index in [-0.39, 0.29) is 11.9 Å². The minimum Gasteiger partial charge on any atom is -0.349 e. The number of pyridine rings is 1. The summed E-state index contributed by atoms with van der Waals surface area (Å²) in [6.45, 7) is 6.65. The van der Waals surface area contributed by atoms with Crippen molar-refractivity contribution in [1.82, 2.24) is 24.8 Å². The van der Waals surface area contributed by atoms with Crippen LogP contribution in [0.2, 0.25) is 0 Å². The van der Waals surface area contributed by atoms with Gasteiger partial charge in [-0.05, 0) is 44.7 Å². The summed E-state index contributed by atoms with van der Waals surface area (Å²) in [4.78, 5) is 24.5. The largest absolute Gasteiger partial charge is 0.349 e. The summed E-state index contributed by atoms with van der Waals surface area (Å²) >= 11 is 0. The first kappa shape index (κ1) is 17.2. The van der Waals surface area contributed by atoms with Gasteiger partial charge in [-0.1, -0.05) is 6.07 Å². The molecule has 0 radical (unpaired) electrons. The highest BCUT2D eigenvalue weighted by Crippen LogP contribution is 2.36. The fourth-order valence-corrected chi connectivity index (χ4v) is 3.76. The van der Waals surface area contributed by atoms with Crippen LogP contribution in [0.25, 0.3) is 0 Å². The first-order valence-electron chi connectivity index (χ1n) is 9.60. The smallest absolute Gasteiger partial charge is 0.243 e. The Kier molecular flexibility index (Phi) is 4.76. The van der Waals surface area contributed by atoms with Crippen molar-refractivity contribution in [2.24, 2.45) is 5.92 Å². The Bertz CT molecular complexity index is 766. The molecule has 1 N–H and O–H groups in total. The molecule has 1 unspecified atom stereocenters. The average Bonchev–Trinajstić information content (AvgIpc) is 3.35.